The Morgan fingerprint density at radius 1 is 0.958 bits per heavy atom. The maximum absolute atomic E-state index is 10.2. The summed E-state index contributed by atoms with van der Waals surface area (Å²) in [4.78, 5) is 0. The molecule has 0 aliphatic heterocycles. The molecule has 1 N–H and O–H groups in total. The standard InChI is InChI=1S/C20H25N3O/c1-2-3-4-5-6-7-10-16-13-14-20(24)19(15-16)23-18-12-9-8-11-17(18)21-22-23/h8-9,11-15,24H,2-7,10H2,1H3. The number of nitrogens with zero attached hydrogens (tertiary/aromatic N) is 3. The van der Waals surface area contributed by atoms with Gasteiger partial charge < -0.3 is 5.11 Å². The van der Waals surface area contributed by atoms with Gasteiger partial charge in [-0.2, -0.15) is 0 Å². The molecular weight excluding hydrogens is 298 g/mol. The Balaban J connectivity index is 1.72. The molecule has 4 nitrogen and oxygen atoms in total. The van der Waals surface area contributed by atoms with Crippen LogP contribution in [0.2, 0.25) is 0 Å². The molecule has 0 atom stereocenters. The maximum atomic E-state index is 10.2. The average molecular weight is 323 g/mol. The van der Waals surface area contributed by atoms with Gasteiger partial charge in [0.25, 0.3) is 0 Å². The van der Waals surface area contributed by atoms with Crippen molar-refractivity contribution in [1.82, 2.24) is 15.0 Å². The highest BCUT2D eigenvalue weighted by atomic mass is 16.3. The molecule has 24 heavy (non-hydrogen) atoms. The van der Waals surface area contributed by atoms with Crippen LogP contribution in [-0.4, -0.2) is 20.1 Å². The van der Waals surface area contributed by atoms with Gasteiger partial charge in [0.05, 0.1) is 5.52 Å². The smallest absolute Gasteiger partial charge is 0.141 e. The van der Waals surface area contributed by atoms with E-state index >= 15 is 0 Å². The SMILES string of the molecule is CCCCCCCCc1ccc(O)c(-n2nnc3ccccc32)c1. The summed E-state index contributed by atoms with van der Waals surface area (Å²) in [5, 5.41) is 18.6. The number of aryl methyl sites for hydroxylation is 1. The Bertz CT molecular complexity index is 794. The molecule has 126 valence electrons. The van der Waals surface area contributed by atoms with Gasteiger partial charge in [0.1, 0.15) is 17.0 Å². The van der Waals surface area contributed by atoms with E-state index < -0.39 is 0 Å². The number of benzene rings is 2. The molecule has 1 heterocycles. The Labute approximate surface area is 143 Å². The zero-order valence-corrected chi connectivity index (χ0v) is 14.3. The third-order valence-corrected chi connectivity index (χ3v) is 4.44. The van der Waals surface area contributed by atoms with Gasteiger partial charge >= 0.3 is 0 Å². The molecule has 0 spiro atoms. The van der Waals surface area contributed by atoms with Crippen molar-refractivity contribution in [3.8, 4) is 11.4 Å². The van der Waals surface area contributed by atoms with Gasteiger partial charge in [0.2, 0.25) is 0 Å². The van der Waals surface area contributed by atoms with Gasteiger partial charge in [0.15, 0.2) is 0 Å². The molecule has 0 radical (unpaired) electrons. The maximum Gasteiger partial charge on any atom is 0.141 e. The van der Waals surface area contributed by atoms with Crippen molar-refractivity contribution in [3.63, 3.8) is 0 Å². The van der Waals surface area contributed by atoms with E-state index in [2.05, 4.69) is 17.2 Å². The molecule has 0 saturated carbocycles. The first-order chi connectivity index (χ1) is 11.8. The first-order valence-corrected chi connectivity index (χ1v) is 8.92. The van der Waals surface area contributed by atoms with E-state index in [0.29, 0.717) is 5.69 Å². The molecule has 2 aromatic carbocycles. The molecule has 0 saturated heterocycles. The molecule has 0 aliphatic carbocycles. The Kier molecular flexibility index (Phi) is 5.47. The molecule has 0 bridgehead atoms. The minimum absolute atomic E-state index is 0.234. The molecule has 0 aliphatic rings. The number of hydrogen-bond acceptors (Lipinski definition) is 3. The lowest BCUT2D eigenvalue weighted by atomic mass is 10.0. The minimum atomic E-state index is 0.234. The molecule has 4 heteroatoms. The summed E-state index contributed by atoms with van der Waals surface area (Å²) in [6, 6.07) is 13.6. The second kappa shape index (κ2) is 7.95. The lowest BCUT2D eigenvalue weighted by Crippen LogP contribution is -1.99. The summed E-state index contributed by atoms with van der Waals surface area (Å²) in [7, 11) is 0. The molecule has 3 aromatic rings. The van der Waals surface area contributed by atoms with Crippen LogP contribution in [0.15, 0.2) is 42.5 Å². The van der Waals surface area contributed by atoms with Crippen molar-refractivity contribution in [1.29, 1.82) is 0 Å². The van der Waals surface area contributed by atoms with Crippen molar-refractivity contribution in [3.05, 3.63) is 48.0 Å². The van der Waals surface area contributed by atoms with Crippen LogP contribution in [0.1, 0.15) is 51.0 Å². The van der Waals surface area contributed by atoms with E-state index in [1.165, 1.54) is 44.1 Å². The predicted octanol–water partition coefficient (Wildman–Crippen LogP) is 5.03. The molecule has 0 unspecified atom stereocenters. The normalized spacial score (nSPS) is 11.2. The van der Waals surface area contributed by atoms with Gasteiger partial charge in [-0.15, -0.1) is 5.10 Å². The Morgan fingerprint density at radius 3 is 2.62 bits per heavy atom. The lowest BCUT2D eigenvalue weighted by Gasteiger charge is -2.08. The number of rotatable bonds is 8. The largest absolute Gasteiger partial charge is 0.506 e. The third-order valence-electron chi connectivity index (χ3n) is 4.44. The highest BCUT2D eigenvalue weighted by Gasteiger charge is 2.10. The van der Waals surface area contributed by atoms with Crippen molar-refractivity contribution in [2.75, 3.05) is 0 Å². The van der Waals surface area contributed by atoms with Crippen molar-refractivity contribution in [2.45, 2.75) is 51.9 Å². The van der Waals surface area contributed by atoms with Crippen molar-refractivity contribution >= 4 is 11.0 Å². The number of aromatic hydroxyl groups is 1. The number of phenols is 1. The highest BCUT2D eigenvalue weighted by molar-refractivity contribution is 5.76. The van der Waals surface area contributed by atoms with E-state index in [4.69, 9.17) is 0 Å². The van der Waals surface area contributed by atoms with Crippen LogP contribution < -0.4 is 0 Å². The monoisotopic (exact) mass is 323 g/mol. The fourth-order valence-electron chi connectivity index (χ4n) is 3.05. The molecule has 1 aromatic heterocycles. The summed E-state index contributed by atoms with van der Waals surface area (Å²) < 4.78 is 1.72. The number of hydrogen-bond donors (Lipinski definition) is 1. The van der Waals surface area contributed by atoms with Gasteiger partial charge in [-0.3, -0.25) is 0 Å². The first-order valence-electron chi connectivity index (χ1n) is 8.92. The summed E-state index contributed by atoms with van der Waals surface area (Å²) in [6.07, 6.45) is 8.76. The van der Waals surface area contributed by atoms with Crippen LogP contribution in [0.3, 0.4) is 0 Å². The highest BCUT2D eigenvalue weighted by Crippen LogP contribution is 2.26. The molecule has 0 fully saturated rings. The zero-order valence-electron chi connectivity index (χ0n) is 14.3. The van der Waals surface area contributed by atoms with Crippen LogP contribution in [0, 0.1) is 0 Å². The average Bonchev–Trinajstić information content (AvgIpc) is 3.03. The van der Waals surface area contributed by atoms with Gasteiger partial charge in [-0.05, 0) is 42.7 Å². The van der Waals surface area contributed by atoms with Gasteiger partial charge in [0, 0.05) is 0 Å². The minimum Gasteiger partial charge on any atom is -0.506 e. The quantitative estimate of drug-likeness (QED) is 0.592. The van der Waals surface area contributed by atoms with Crippen molar-refractivity contribution in [2.24, 2.45) is 0 Å². The summed E-state index contributed by atoms with van der Waals surface area (Å²) in [5.41, 5.74) is 3.67. The molecule has 0 amide bonds. The third kappa shape index (κ3) is 3.75. The molecule has 3 rings (SSSR count). The number of aromatic nitrogens is 3. The van der Waals surface area contributed by atoms with E-state index in [1.54, 1.807) is 10.7 Å². The van der Waals surface area contributed by atoms with Crippen LogP contribution >= 0.6 is 0 Å². The van der Waals surface area contributed by atoms with E-state index in [9.17, 15) is 5.11 Å². The number of para-hydroxylation sites is 1. The van der Waals surface area contributed by atoms with Gasteiger partial charge in [-0.25, -0.2) is 4.68 Å². The fraction of sp³-hybridized carbons (Fsp3) is 0.400. The predicted molar refractivity (Wildman–Crippen MR) is 97.6 cm³/mol. The Morgan fingerprint density at radius 2 is 1.75 bits per heavy atom. The second-order valence-corrected chi connectivity index (χ2v) is 6.33. The van der Waals surface area contributed by atoms with Crippen LogP contribution in [0.4, 0.5) is 0 Å². The van der Waals surface area contributed by atoms with E-state index in [1.807, 2.05) is 36.4 Å². The number of phenolic OH excluding ortho intramolecular Hbond substituents is 1. The molecular formula is C20H25N3O. The van der Waals surface area contributed by atoms with Crippen LogP contribution in [-0.2, 0) is 6.42 Å². The van der Waals surface area contributed by atoms with Crippen molar-refractivity contribution < 1.29 is 5.11 Å². The fourth-order valence-corrected chi connectivity index (χ4v) is 3.05. The zero-order chi connectivity index (χ0) is 16.8. The second-order valence-electron chi connectivity index (χ2n) is 6.33. The lowest BCUT2D eigenvalue weighted by molar-refractivity contribution is 0.470. The number of unbranched alkanes of at least 4 members (excludes halogenated alkanes) is 5. The summed E-state index contributed by atoms with van der Waals surface area (Å²) in [5.74, 6) is 0.234. The number of fused-ring (bicyclic) bond motifs is 1. The summed E-state index contributed by atoms with van der Waals surface area (Å²) in [6.45, 7) is 2.24. The summed E-state index contributed by atoms with van der Waals surface area (Å²) >= 11 is 0. The van der Waals surface area contributed by atoms with Crippen LogP contribution in [0.5, 0.6) is 5.75 Å². The van der Waals surface area contributed by atoms with Crippen LogP contribution in [0.25, 0.3) is 16.7 Å². The topological polar surface area (TPSA) is 50.9 Å². The van der Waals surface area contributed by atoms with E-state index in [0.717, 1.165) is 17.5 Å². The van der Waals surface area contributed by atoms with Gasteiger partial charge in [-0.1, -0.05) is 62.4 Å². The van der Waals surface area contributed by atoms with E-state index in [-0.39, 0.29) is 5.75 Å². The first kappa shape index (κ1) is 16.5. The Hall–Kier alpha value is -2.36.